The number of nitrogens with zero attached hydrogens (tertiary/aromatic N) is 1. The van der Waals surface area contributed by atoms with Crippen molar-refractivity contribution in [3.05, 3.63) is 0 Å². The van der Waals surface area contributed by atoms with E-state index in [9.17, 15) is 8.42 Å². The molecule has 1 fully saturated rings. The van der Waals surface area contributed by atoms with Gasteiger partial charge in [0.2, 0.25) is 10.0 Å². The lowest BCUT2D eigenvalue weighted by Crippen LogP contribution is -2.45. The van der Waals surface area contributed by atoms with E-state index < -0.39 is 10.0 Å². The molecule has 5 heteroatoms. The molecule has 0 unspecified atom stereocenters. The maximum Gasteiger partial charge on any atom is 0.214 e. The lowest BCUT2D eigenvalue weighted by atomic mass is 9.93. The first-order valence-corrected chi connectivity index (χ1v) is 8.31. The summed E-state index contributed by atoms with van der Waals surface area (Å²) in [5, 5.41) is 0. The topological polar surface area (TPSA) is 37.4 Å². The van der Waals surface area contributed by atoms with Crippen LogP contribution in [0.1, 0.15) is 45.4 Å². The van der Waals surface area contributed by atoms with Crippen molar-refractivity contribution >= 4 is 21.6 Å². The predicted octanol–water partition coefficient (Wildman–Crippen LogP) is 2.60. The van der Waals surface area contributed by atoms with E-state index in [1.807, 2.05) is 6.92 Å². The molecule has 1 saturated carbocycles. The molecule has 0 aliphatic heterocycles. The van der Waals surface area contributed by atoms with Gasteiger partial charge in [-0.3, -0.25) is 0 Å². The van der Waals surface area contributed by atoms with Crippen molar-refractivity contribution in [3.8, 4) is 0 Å². The second-order valence-electron chi connectivity index (χ2n) is 4.41. The third kappa shape index (κ3) is 3.90. The van der Waals surface area contributed by atoms with Crippen molar-refractivity contribution in [2.75, 3.05) is 18.2 Å². The summed E-state index contributed by atoms with van der Waals surface area (Å²) in [5.41, 5.74) is 0. The van der Waals surface area contributed by atoms with E-state index in [1.165, 1.54) is 0 Å². The molecule has 0 aromatic heterocycles. The predicted molar refractivity (Wildman–Crippen MR) is 68.4 cm³/mol. The van der Waals surface area contributed by atoms with Crippen molar-refractivity contribution in [1.82, 2.24) is 4.31 Å². The van der Waals surface area contributed by atoms with Crippen LogP contribution in [0.25, 0.3) is 0 Å². The van der Waals surface area contributed by atoms with Gasteiger partial charge in [-0.15, -0.1) is 11.6 Å². The largest absolute Gasteiger partial charge is 0.214 e. The Balaban J connectivity index is 2.58. The van der Waals surface area contributed by atoms with Crippen LogP contribution < -0.4 is 0 Å². The summed E-state index contributed by atoms with van der Waals surface area (Å²) in [6.45, 7) is 2.61. The minimum absolute atomic E-state index is 0.255. The summed E-state index contributed by atoms with van der Waals surface area (Å²) >= 11 is 5.64. The van der Waals surface area contributed by atoms with Crippen LogP contribution in [-0.2, 0) is 10.0 Å². The zero-order valence-electron chi connectivity index (χ0n) is 9.99. The zero-order valence-corrected chi connectivity index (χ0v) is 11.6. The highest BCUT2D eigenvalue weighted by Gasteiger charge is 2.32. The molecule has 0 N–H and O–H groups in total. The van der Waals surface area contributed by atoms with E-state index in [-0.39, 0.29) is 6.04 Å². The number of halogens is 1. The molecule has 3 nitrogen and oxygen atoms in total. The number of rotatable bonds is 8. The lowest BCUT2D eigenvalue weighted by molar-refractivity contribution is 0.219. The third-order valence-electron chi connectivity index (χ3n) is 3.11. The van der Waals surface area contributed by atoms with Gasteiger partial charge >= 0.3 is 0 Å². The van der Waals surface area contributed by atoms with Crippen molar-refractivity contribution in [2.45, 2.75) is 51.5 Å². The van der Waals surface area contributed by atoms with E-state index in [0.717, 1.165) is 38.5 Å². The summed E-state index contributed by atoms with van der Waals surface area (Å²) in [6, 6.07) is 0.255. The normalized spacial score (nSPS) is 17.7. The van der Waals surface area contributed by atoms with Gasteiger partial charge in [0.15, 0.2) is 0 Å². The van der Waals surface area contributed by atoms with E-state index in [2.05, 4.69) is 0 Å². The standard InChI is InChI=1S/C11H22ClNO2S/c1-2-3-10-16(14,15)13(9-5-8-12)11-6-4-7-11/h11H,2-10H2,1H3. The van der Waals surface area contributed by atoms with Gasteiger partial charge in [-0.25, -0.2) is 8.42 Å². The first-order valence-electron chi connectivity index (χ1n) is 6.17. The van der Waals surface area contributed by atoms with Crippen LogP contribution in [0.15, 0.2) is 0 Å². The van der Waals surface area contributed by atoms with Gasteiger partial charge in [0.25, 0.3) is 0 Å². The van der Waals surface area contributed by atoms with Gasteiger partial charge in [-0.1, -0.05) is 19.8 Å². The highest BCUT2D eigenvalue weighted by atomic mass is 35.5. The Morgan fingerprint density at radius 1 is 1.31 bits per heavy atom. The Bertz CT molecular complexity index is 288. The Morgan fingerprint density at radius 2 is 2.00 bits per heavy atom. The number of hydrogen-bond donors (Lipinski definition) is 0. The van der Waals surface area contributed by atoms with Crippen LogP contribution in [-0.4, -0.2) is 36.9 Å². The summed E-state index contributed by atoms with van der Waals surface area (Å²) in [7, 11) is -3.04. The molecule has 0 aromatic carbocycles. The first kappa shape index (κ1) is 14.3. The molecule has 16 heavy (non-hydrogen) atoms. The molecule has 0 amide bonds. The molecular weight excluding hydrogens is 246 g/mol. The quantitative estimate of drug-likeness (QED) is 0.634. The van der Waals surface area contributed by atoms with Gasteiger partial charge in [0, 0.05) is 18.5 Å². The van der Waals surface area contributed by atoms with Crippen molar-refractivity contribution in [3.63, 3.8) is 0 Å². The van der Waals surface area contributed by atoms with Crippen LogP contribution >= 0.6 is 11.6 Å². The fraction of sp³-hybridized carbons (Fsp3) is 1.00. The average Bonchev–Trinajstić information content (AvgIpc) is 2.18. The molecule has 0 bridgehead atoms. The molecule has 0 saturated heterocycles. The molecule has 0 atom stereocenters. The van der Waals surface area contributed by atoms with Gasteiger partial charge in [-0.2, -0.15) is 4.31 Å². The van der Waals surface area contributed by atoms with Crippen molar-refractivity contribution in [1.29, 1.82) is 0 Å². The minimum Gasteiger partial charge on any atom is -0.212 e. The lowest BCUT2D eigenvalue weighted by Gasteiger charge is -2.36. The highest BCUT2D eigenvalue weighted by Crippen LogP contribution is 2.27. The third-order valence-corrected chi connectivity index (χ3v) is 5.37. The second kappa shape index (κ2) is 6.82. The fourth-order valence-electron chi connectivity index (χ4n) is 1.88. The van der Waals surface area contributed by atoms with Crippen molar-refractivity contribution < 1.29 is 8.42 Å². The number of hydrogen-bond acceptors (Lipinski definition) is 2. The maximum atomic E-state index is 12.1. The van der Waals surface area contributed by atoms with E-state index in [4.69, 9.17) is 11.6 Å². The first-order chi connectivity index (χ1) is 7.61. The van der Waals surface area contributed by atoms with Crippen LogP contribution in [0.5, 0.6) is 0 Å². The Morgan fingerprint density at radius 3 is 2.44 bits per heavy atom. The Hall–Kier alpha value is 0.200. The molecule has 1 aliphatic carbocycles. The summed E-state index contributed by atoms with van der Waals surface area (Å²) in [4.78, 5) is 0. The summed E-state index contributed by atoms with van der Waals surface area (Å²) in [5.74, 6) is 0.828. The average molecular weight is 268 g/mol. The number of unbranched alkanes of at least 4 members (excludes halogenated alkanes) is 1. The minimum atomic E-state index is -3.04. The highest BCUT2D eigenvalue weighted by molar-refractivity contribution is 7.89. The maximum absolute atomic E-state index is 12.1. The van der Waals surface area contributed by atoms with E-state index in [1.54, 1.807) is 4.31 Å². The fourth-order valence-corrected chi connectivity index (χ4v) is 3.96. The smallest absolute Gasteiger partial charge is 0.212 e. The van der Waals surface area contributed by atoms with Crippen molar-refractivity contribution in [2.24, 2.45) is 0 Å². The zero-order chi connectivity index (χ0) is 12.0. The second-order valence-corrected chi connectivity index (χ2v) is 6.83. The molecule has 1 aliphatic rings. The summed E-state index contributed by atoms with van der Waals surface area (Å²) in [6.07, 6.45) is 5.63. The van der Waals surface area contributed by atoms with E-state index in [0.29, 0.717) is 18.2 Å². The Kier molecular flexibility index (Phi) is 6.08. The Labute approximate surface area is 104 Å². The van der Waals surface area contributed by atoms with E-state index >= 15 is 0 Å². The van der Waals surface area contributed by atoms with Gasteiger partial charge < -0.3 is 0 Å². The molecular formula is C11H22ClNO2S. The molecule has 0 heterocycles. The molecule has 1 rings (SSSR count). The van der Waals surface area contributed by atoms with Crippen LogP contribution in [0, 0.1) is 0 Å². The number of alkyl halides is 1. The van der Waals surface area contributed by atoms with Crippen LogP contribution in [0.3, 0.4) is 0 Å². The van der Waals surface area contributed by atoms with Gasteiger partial charge in [-0.05, 0) is 25.7 Å². The molecule has 0 aromatic rings. The van der Waals surface area contributed by atoms with Crippen LogP contribution in [0.4, 0.5) is 0 Å². The molecule has 0 radical (unpaired) electrons. The SMILES string of the molecule is CCCCS(=O)(=O)N(CCCCl)C1CCC1. The van der Waals surface area contributed by atoms with Crippen LogP contribution in [0.2, 0.25) is 0 Å². The van der Waals surface area contributed by atoms with Gasteiger partial charge in [0.05, 0.1) is 5.75 Å². The monoisotopic (exact) mass is 267 g/mol. The number of sulfonamides is 1. The molecule has 96 valence electrons. The van der Waals surface area contributed by atoms with Gasteiger partial charge in [0.1, 0.15) is 0 Å². The summed E-state index contributed by atoms with van der Waals surface area (Å²) < 4.78 is 25.9. The molecule has 0 spiro atoms.